The summed E-state index contributed by atoms with van der Waals surface area (Å²) < 4.78 is 28.8. The Morgan fingerprint density at radius 3 is 1.54 bits per heavy atom. The van der Waals surface area contributed by atoms with E-state index in [2.05, 4.69) is 61.0 Å². The molecule has 0 radical (unpaired) electrons. The van der Waals surface area contributed by atoms with Gasteiger partial charge in [0.1, 0.15) is 62.4 Å². The molecule has 542 valence electrons. The SMILES string of the molecule is CC(C)CCCCCC(=O)N[C@H](Cc1ccc(OCc2ccccc2)cc1)C(=O)N[C@@H](COCc1ccccc1)C(=O)N[C@H](CC(C)C)C(=O)N[C@@H](Cc1c[nH]c2ccccc12)C(=O)N[C@@H](CCCN/C(=N\C(=O)OCc1ccccc1)NC(=O)OCc1ccccc1)C(=O)OCc1ccccc1. The number of unbranched alkanes of at least 4 members (excludes halogenated alkanes) is 2. The van der Waals surface area contributed by atoms with Gasteiger partial charge < -0.3 is 60.6 Å². The molecule has 0 spiro atoms. The maximum Gasteiger partial charge on any atom is 0.437 e. The molecule has 0 fully saturated rings. The lowest BCUT2D eigenvalue weighted by Crippen LogP contribution is -2.60. The number of ether oxygens (including phenoxy) is 5. The molecule has 1 heterocycles. The zero-order valence-electron chi connectivity index (χ0n) is 58.9. The number of benzene rings is 7. The Morgan fingerprint density at radius 2 is 0.942 bits per heavy atom. The van der Waals surface area contributed by atoms with E-state index in [1.807, 2.05) is 129 Å². The monoisotopic (exact) mass is 1400 g/mol. The Bertz CT molecular complexity index is 3970. The molecule has 5 atom stereocenters. The molecule has 0 aliphatic rings. The van der Waals surface area contributed by atoms with Crippen LogP contribution in [0.15, 0.2) is 211 Å². The number of fused-ring (bicyclic) bond motifs is 1. The van der Waals surface area contributed by atoms with Gasteiger partial charge in [-0.15, -0.1) is 4.99 Å². The Balaban J connectivity index is 1.02. The van der Waals surface area contributed by atoms with Crippen LogP contribution in [-0.2, 0) is 93.6 Å². The Labute approximate surface area is 602 Å². The fourth-order valence-corrected chi connectivity index (χ4v) is 11.2. The first kappa shape index (κ1) is 77.6. The van der Waals surface area contributed by atoms with Crippen LogP contribution in [0.2, 0.25) is 0 Å². The summed E-state index contributed by atoms with van der Waals surface area (Å²) in [6, 6.07) is 54.0. The van der Waals surface area contributed by atoms with Crippen LogP contribution in [0.1, 0.15) is 118 Å². The molecule has 7 amide bonds. The van der Waals surface area contributed by atoms with Crippen molar-refractivity contribution in [1.29, 1.82) is 0 Å². The second-order valence-electron chi connectivity index (χ2n) is 26.0. The van der Waals surface area contributed by atoms with Gasteiger partial charge in [0.05, 0.1) is 13.2 Å². The van der Waals surface area contributed by atoms with Crippen molar-refractivity contribution in [1.82, 2.24) is 42.2 Å². The minimum atomic E-state index is -1.41. The fraction of sp³-hybridized carbons (Fsp3) is 0.346. The Kier molecular flexibility index (Phi) is 31.8. The lowest BCUT2D eigenvalue weighted by atomic mass is 10.00. The number of carbonyl (C=O) groups excluding carboxylic acids is 8. The highest BCUT2D eigenvalue weighted by atomic mass is 16.6. The molecule has 22 nitrogen and oxygen atoms in total. The predicted molar refractivity (Wildman–Crippen MR) is 393 cm³/mol. The van der Waals surface area contributed by atoms with Crippen molar-refractivity contribution < 1.29 is 62.0 Å². The highest BCUT2D eigenvalue weighted by Crippen LogP contribution is 2.22. The number of guanidine groups is 1. The fourth-order valence-electron chi connectivity index (χ4n) is 11.2. The van der Waals surface area contributed by atoms with Crippen LogP contribution in [0, 0.1) is 11.8 Å². The van der Waals surface area contributed by atoms with Gasteiger partial charge in [0.15, 0.2) is 0 Å². The second-order valence-corrected chi connectivity index (χ2v) is 26.0. The summed E-state index contributed by atoms with van der Waals surface area (Å²) in [5, 5.41) is 20.7. The van der Waals surface area contributed by atoms with Gasteiger partial charge in [0.2, 0.25) is 35.5 Å². The zero-order chi connectivity index (χ0) is 73.0. The number of nitrogens with zero attached hydrogens (tertiary/aromatic N) is 1. The van der Waals surface area contributed by atoms with Gasteiger partial charge in [-0.2, -0.15) is 0 Å². The van der Waals surface area contributed by atoms with E-state index in [0.29, 0.717) is 52.5 Å². The molecule has 1 aromatic heterocycles. The number of para-hydroxylation sites is 1. The Hall–Kier alpha value is -11.1. The van der Waals surface area contributed by atoms with Crippen LogP contribution >= 0.6 is 0 Å². The standard InChI is InChI=1S/C81H95N9O13/c1-56(2)26-11-5-22-40-73(91)84-70(47-58-41-43-65(44-42-58)100-51-60-29-14-7-15-30-60)75(93)88-72(55-99-50-59-27-12-6-13-28-59)77(95)86-69(46-57(3)4)74(92)87-71(48-64-49-83-67-38-24-23-37-66(64)67)76(94)85-68(78(96)101-52-61-31-16-8-17-32-61)39-25-45-82-79(89-80(97)102-53-62-33-18-9-19-34-62)90-81(98)103-54-63-35-20-10-21-36-63/h6-10,12-21,23-24,27-38,41-44,49,56-57,68-72,83H,5,11,22,25-26,39-40,45-48,50-55H2,1-4H3,(H,84,91)(H,85,94)(H,86,95)(H,87,92)(H,88,93)(H2,82,89,90,97,98)/t68-,69+,70+,71-,72-/m0/s1. The number of aromatic nitrogens is 1. The van der Waals surface area contributed by atoms with Crippen molar-refractivity contribution >= 4 is 64.6 Å². The molecule has 0 bridgehead atoms. The summed E-state index contributed by atoms with van der Waals surface area (Å²) in [5.41, 5.74) is 6.00. The van der Waals surface area contributed by atoms with E-state index in [9.17, 15) is 24.0 Å². The molecule has 22 heteroatoms. The van der Waals surface area contributed by atoms with Gasteiger partial charge in [-0.1, -0.05) is 229 Å². The molecule has 8 N–H and O–H groups in total. The number of nitrogens with one attached hydrogen (secondary N) is 8. The lowest BCUT2D eigenvalue weighted by Gasteiger charge is -2.28. The van der Waals surface area contributed by atoms with E-state index >= 15 is 14.4 Å². The zero-order valence-corrected chi connectivity index (χ0v) is 58.9. The highest BCUT2D eigenvalue weighted by molar-refractivity contribution is 5.99. The minimum Gasteiger partial charge on any atom is -0.489 e. The molecular formula is C81H95N9O13. The Morgan fingerprint density at radius 1 is 0.437 bits per heavy atom. The number of esters is 1. The van der Waals surface area contributed by atoms with Crippen molar-refractivity contribution in [2.45, 2.75) is 155 Å². The average Bonchev–Trinajstić information content (AvgIpc) is 1.46. The van der Waals surface area contributed by atoms with Gasteiger partial charge >= 0.3 is 18.2 Å². The molecule has 0 saturated carbocycles. The smallest absolute Gasteiger partial charge is 0.437 e. The van der Waals surface area contributed by atoms with Crippen LogP contribution in [0.3, 0.4) is 0 Å². The number of H-pyrrole nitrogens is 1. The van der Waals surface area contributed by atoms with E-state index in [1.165, 1.54) is 0 Å². The van der Waals surface area contributed by atoms with Crippen molar-refractivity contribution in [3.63, 3.8) is 0 Å². The number of aromatic amines is 1. The first-order valence-corrected chi connectivity index (χ1v) is 35.1. The molecule has 8 aromatic rings. The normalized spacial score (nSPS) is 12.7. The van der Waals surface area contributed by atoms with E-state index < -0.39 is 72.0 Å². The minimum absolute atomic E-state index is 0.0273. The average molecular weight is 1400 g/mol. The van der Waals surface area contributed by atoms with Crippen LogP contribution < -0.4 is 42.0 Å². The number of alkyl carbamates (subject to hydrolysis) is 1. The topological polar surface area (TPSA) is 295 Å². The quantitative estimate of drug-likeness (QED) is 0.00584. The largest absolute Gasteiger partial charge is 0.489 e. The van der Waals surface area contributed by atoms with Gasteiger partial charge in [-0.25, -0.2) is 14.4 Å². The van der Waals surface area contributed by atoms with Crippen molar-refractivity contribution in [3.05, 3.63) is 245 Å². The van der Waals surface area contributed by atoms with Crippen molar-refractivity contribution in [2.75, 3.05) is 13.2 Å². The molecule has 8 rings (SSSR count). The lowest BCUT2D eigenvalue weighted by molar-refractivity contribution is -0.149. The summed E-state index contributed by atoms with van der Waals surface area (Å²) in [6.45, 7) is 7.76. The predicted octanol–water partition coefficient (Wildman–Crippen LogP) is 11.6. The van der Waals surface area contributed by atoms with Crippen molar-refractivity contribution in [3.8, 4) is 5.75 Å². The summed E-state index contributed by atoms with van der Waals surface area (Å²) in [5.74, 6) is -3.48. The first-order chi connectivity index (χ1) is 50.0. The highest BCUT2D eigenvalue weighted by Gasteiger charge is 2.34. The van der Waals surface area contributed by atoms with E-state index in [1.54, 1.807) is 91.1 Å². The van der Waals surface area contributed by atoms with Crippen LogP contribution in [-0.4, -0.2) is 102 Å². The van der Waals surface area contributed by atoms with E-state index in [4.69, 9.17) is 23.7 Å². The maximum atomic E-state index is 15.2. The third kappa shape index (κ3) is 28.1. The summed E-state index contributed by atoms with van der Waals surface area (Å²) in [4.78, 5) is 122. The molecule has 0 saturated heterocycles. The summed E-state index contributed by atoms with van der Waals surface area (Å²) in [7, 11) is 0. The van der Waals surface area contributed by atoms with Gasteiger partial charge in [-0.3, -0.25) is 29.3 Å². The van der Waals surface area contributed by atoms with Crippen LogP contribution in [0.4, 0.5) is 9.59 Å². The molecular weight excluding hydrogens is 1310 g/mol. The summed E-state index contributed by atoms with van der Waals surface area (Å²) in [6.07, 6.45) is 3.46. The number of hydrogen-bond donors (Lipinski definition) is 8. The number of amides is 7. The molecule has 103 heavy (non-hydrogen) atoms. The number of hydrogen-bond acceptors (Lipinski definition) is 13. The molecule has 0 aliphatic heterocycles. The van der Waals surface area contributed by atoms with Crippen LogP contribution in [0.5, 0.6) is 5.75 Å². The van der Waals surface area contributed by atoms with E-state index in [-0.39, 0.29) is 95.9 Å². The van der Waals surface area contributed by atoms with Gasteiger partial charge in [0, 0.05) is 42.9 Å². The number of aliphatic imine (C=N–C) groups is 1. The molecule has 0 aliphatic carbocycles. The first-order valence-electron chi connectivity index (χ1n) is 35.1. The van der Waals surface area contributed by atoms with Crippen molar-refractivity contribution in [2.24, 2.45) is 16.8 Å². The third-order valence-electron chi connectivity index (χ3n) is 16.7. The number of carbonyl (C=O) groups is 8. The second kappa shape index (κ2) is 42.2. The maximum absolute atomic E-state index is 15.2. The third-order valence-corrected chi connectivity index (χ3v) is 16.7. The number of rotatable bonds is 39. The van der Waals surface area contributed by atoms with Crippen LogP contribution in [0.25, 0.3) is 10.9 Å². The summed E-state index contributed by atoms with van der Waals surface area (Å²) >= 11 is 0. The molecule has 0 unspecified atom stereocenters. The van der Waals surface area contributed by atoms with Gasteiger partial charge in [0.25, 0.3) is 0 Å². The van der Waals surface area contributed by atoms with E-state index in [0.717, 1.165) is 41.3 Å². The van der Waals surface area contributed by atoms with Gasteiger partial charge in [-0.05, 0) is 94.7 Å². The molecule has 7 aromatic carbocycles.